The zero-order valence-corrected chi connectivity index (χ0v) is 14.4. The number of carbonyl (C=O) groups is 1. The maximum Gasteiger partial charge on any atom is 0.355 e. The minimum atomic E-state index is -0.943. The monoisotopic (exact) mass is 330 g/mol. The lowest BCUT2D eigenvalue weighted by Crippen LogP contribution is -2.32. The quantitative estimate of drug-likeness (QED) is 0.925. The van der Waals surface area contributed by atoms with E-state index >= 15 is 0 Å². The minimum absolute atomic E-state index is 0.162. The van der Waals surface area contributed by atoms with Gasteiger partial charge in [0.15, 0.2) is 5.69 Å². The summed E-state index contributed by atoms with van der Waals surface area (Å²) in [5.74, 6) is -0.309. The number of nitrogens with zero attached hydrogens (tertiary/aromatic N) is 2. The first-order chi connectivity index (χ1) is 11.0. The van der Waals surface area contributed by atoms with Gasteiger partial charge in [0.2, 0.25) is 0 Å². The van der Waals surface area contributed by atoms with E-state index in [2.05, 4.69) is 41.9 Å². The average Bonchev–Trinajstić information content (AvgIpc) is 2.96. The first-order valence-corrected chi connectivity index (χ1v) is 8.87. The molecular formula is C18H22N2O2S. The number of carboxylic acid groups (broad SMARTS) is 1. The van der Waals surface area contributed by atoms with E-state index in [0.29, 0.717) is 5.92 Å². The molecule has 0 unspecified atom stereocenters. The Balaban J connectivity index is 1.58. The Morgan fingerprint density at radius 3 is 2.48 bits per heavy atom. The van der Waals surface area contributed by atoms with Crippen molar-refractivity contribution >= 4 is 17.3 Å². The lowest BCUT2D eigenvalue weighted by molar-refractivity contribution is 0.0691. The fraction of sp³-hybridized carbons (Fsp3) is 0.444. The molecule has 122 valence electrons. The van der Waals surface area contributed by atoms with E-state index in [-0.39, 0.29) is 5.69 Å². The van der Waals surface area contributed by atoms with Crippen molar-refractivity contribution in [3.63, 3.8) is 0 Å². The second-order valence-corrected chi connectivity index (χ2v) is 7.35. The molecule has 4 nitrogen and oxygen atoms in total. The van der Waals surface area contributed by atoms with E-state index in [9.17, 15) is 4.79 Å². The number of aromatic carboxylic acids is 1. The molecule has 0 aliphatic carbocycles. The maximum atomic E-state index is 10.9. The molecule has 5 heteroatoms. The summed E-state index contributed by atoms with van der Waals surface area (Å²) >= 11 is 1.44. The molecule has 1 aliphatic rings. The molecule has 0 radical (unpaired) electrons. The van der Waals surface area contributed by atoms with Crippen LogP contribution in [-0.2, 0) is 6.54 Å². The second-order valence-electron chi connectivity index (χ2n) is 6.40. The standard InChI is InChI=1S/C18H22N2O2S/c1-12-7-13(2)9-15(8-12)14-3-5-20(6-4-14)10-17-19-16(11-23-17)18(21)22/h7-9,11,14H,3-6,10H2,1-2H3,(H,21,22). The zero-order chi connectivity index (χ0) is 16.4. The number of aryl methyl sites for hydroxylation is 2. The molecule has 0 atom stereocenters. The molecule has 1 saturated heterocycles. The molecule has 0 amide bonds. The van der Waals surface area contributed by atoms with Crippen molar-refractivity contribution < 1.29 is 9.90 Å². The highest BCUT2D eigenvalue weighted by Crippen LogP contribution is 2.30. The Bertz CT molecular complexity index is 683. The van der Waals surface area contributed by atoms with Gasteiger partial charge in [0, 0.05) is 5.38 Å². The predicted molar refractivity (Wildman–Crippen MR) is 92.2 cm³/mol. The lowest BCUT2D eigenvalue weighted by Gasteiger charge is -2.31. The summed E-state index contributed by atoms with van der Waals surface area (Å²) in [5.41, 5.74) is 4.30. The van der Waals surface area contributed by atoms with Crippen molar-refractivity contribution in [2.45, 2.75) is 39.2 Å². The summed E-state index contributed by atoms with van der Waals surface area (Å²) in [5, 5.41) is 11.5. The first kappa shape index (κ1) is 16.1. The van der Waals surface area contributed by atoms with Gasteiger partial charge in [0.05, 0.1) is 6.54 Å². The van der Waals surface area contributed by atoms with Crippen molar-refractivity contribution in [1.29, 1.82) is 0 Å². The number of hydrogen-bond acceptors (Lipinski definition) is 4. The molecule has 1 fully saturated rings. The van der Waals surface area contributed by atoms with Crippen LogP contribution in [0.5, 0.6) is 0 Å². The average molecular weight is 330 g/mol. The van der Waals surface area contributed by atoms with Crippen LogP contribution >= 0.6 is 11.3 Å². The van der Waals surface area contributed by atoms with E-state index in [1.165, 1.54) is 28.0 Å². The lowest BCUT2D eigenvalue weighted by atomic mass is 9.88. The molecule has 23 heavy (non-hydrogen) atoms. The van der Waals surface area contributed by atoms with Crippen molar-refractivity contribution in [3.8, 4) is 0 Å². The highest BCUT2D eigenvalue weighted by Gasteiger charge is 2.22. The van der Waals surface area contributed by atoms with Crippen molar-refractivity contribution in [2.75, 3.05) is 13.1 Å². The molecule has 0 bridgehead atoms. The van der Waals surface area contributed by atoms with Crippen LogP contribution in [0.4, 0.5) is 0 Å². The van der Waals surface area contributed by atoms with Crippen LogP contribution in [0.15, 0.2) is 23.6 Å². The Kier molecular flexibility index (Phi) is 4.78. The summed E-state index contributed by atoms with van der Waals surface area (Å²) in [6.45, 7) is 7.17. The van der Waals surface area contributed by atoms with Crippen LogP contribution in [-0.4, -0.2) is 34.0 Å². The minimum Gasteiger partial charge on any atom is -0.476 e. The van der Waals surface area contributed by atoms with Crippen molar-refractivity contribution in [1.82, 2.24) is 9.88 Å². The van der Waals surface area contributed by atoms with Gasteiger partial charge in [-0.3, -0.25) is 4.90 Å². The van der Waals surface area contributed by atoms with Crippen LogP contribution in [0.3, 0.4) is 0 Å². The van der Waals surface area contributed by atoms with E-state index in [0.717, 1.165) is 37.5 Å². The molecule has 1 aromatic carbocycles. The van der Waals surface area contributed by atoms with Gasteiger partial charge in [-0.15, -0.1) is 11.3 Å². The van der Waals surface area contributed by atoms with E-state index in [1.807, 2.05) is 0 Å². The fourth-order valence-electron chi connectivity index (χ4n) is 3.34. The Morgan fingerprint density at radius 2 is 1.91 bits per heavy atom. The zero-order valence-electron chi connectivity index (χ0n) is 13.6. The maximum absolute atomic E-state index is 10.9. The third-order valence-corrected chi connectivity index (χ3v) is 5.27. The molecule has 2 aromatic rings. The number of hydrogen-bond donors (Lipinski definition) is 1. The highest BCUT2D eigenvalue weighted by molar-refractivity contribution is 7.09. The van der Waals surface area contributed by atoms with Gasteiger partial charge < -0.3 is 5.11 Å². The van der Waals surface area contributed by atoms with Crippen molar-refractivity contribution in [2.24, 2.45) is 0 Å². The normalized spacial score (nSPS) is 16.6. The number of aromatic nitrogens is 1. The van der Waals surface area contributed by atoms with Gasteiger partial charge in [-0.25, -0.2) is 9.78 Å². The van der Waals surface area contributed by atoms with Gasteiger partial charge in [0.1, 0.15) is 5.01 Å². The fourth-order valence-corrected chi connectivity index (χ4v) is 4.15. The summed E-state index contributed by atoms with van der Waals surface area (Å²) in [4.78, 5) is 17.5. The predicted octanol–water partition coefficient (Wildman–Crippen LogP) is 3.84. The summed E-state index contributed by atoms with van der Waals surface area (Å²) < 4.78 is 0. The van der Waals surface area contributed by atoms with Crippen LogP contribution < -0.4 is 0 Å². The molecule has 2 heterocycles. The van der Waals surface area contributed by atoms with Gasteiger partial charge in [0.25, 0.3) is 0 Å². The van der Waals surface area contributed by atoms with E-state index in [4.69, 9.17) is 5.11 Å². The third-order valence-electron chi connectivity index (χ3n) is 4.43. The number of likely N-dealkylation sites (tertiary alicyclic amines) is 1. The number of piperidine rings is 1. The number of thiazole rings is 1. The molecule has 0 spiro atoms. The smallest absolute Gasteiger partial charge is 0.355 e. The Labute approximate surface area is 140 Å². The van der Waals surface area contributed by atoms with Gasteiger partial charge in [-0.1, -0.05) is 29.3 Å². The van der Waals surface area contributed by atoms with Crippen LogP contribution in [0.25, 0.3) is 0 Å². The number of carboxylic acids is 1. The highest BCUT2D eigenvalue weighted by atomic mass is 32.1. The summed E-state index contributed by atoms with van der Waals surface area (Å²) in [7, 11) is 0. The molecule has 0 saturated carbocycles. The van der Waals surface area contributed by atoms with E-state index in [1.54, 1.807) is 5.38 Å². The third kappa shape index (κ3) is 3.98. The van der Waals surface area contributed by atoms with E-state index < -0.39 is 5.97 Å². The summed E-state index contributed by atoms with van der Waals surface area (Å²) in [6, 6.07) is 6.85. The van der Waals surface area contributed by atoms with Gasteiger partial charge >= 0.3 is 5.97 Å². The first-order valence-electron chi connectivity index (χ1n) is 7.99. The van der Waals surface area contributed by atoms with Crippen LogP contribution in [0, 0.1) is 13.8 Å². The Morgan fingerprint density at radius 1 is 1.26 bits per heavy atom. The van der Waals surface area contributed by atoms with Crippen LogP contribution in [0.2, 0.25) is 0 Å². The van der Waals surface area contributed by atoms with Gasteiger partial charge in [-0.2, -0.15) is 0 Å². The Hall–Kier alpha value is -1.72. The number of rotatable bonds is 4. The molecule has 1 aromatic heterocycles. The largest absolute Gasteiger partial charge is 0.476 e. The number of benzene rings is 1. The topological polar surface area (TPSA) is 53.4 Å². The van der Waals surface area contributed by atoms with Crippen molar-refractivity contribution in [3.05, 3.63) is 51.0 Å². The second kappa shape index (κ2) is 6.81. The molecule has 1 N–H and O–H groups in total. The van der Waals surface area contributed by atoms with Crippen LogP contribution in [0.1, 0.15) is 50.9 Å². The van der Waals surface area contributed by atoms with Gasteiger partial charge in [-0.05, 0) is 51.3 Å². The molecular weight excluding hydrogens is 308 g/mol. The summed E-state index contributed by atoms with van der Waals surface area (Å²) in [6.07, 6.45) is 2.31. The molecule has 3 rings (SSSR count). The SMILES string of the molecule is Cc1cc(C)cc(C2CCN(Cc3nc(C(=O)O)cs3)CC2)c1. The molecule has 1 aliphatic heterocycles.